The second-order valence-corrected chi connectivity index (χ2v) is 15.6. The molecule has 0 bridgehead atoms. The molecule has 1 aromatic heterocycles. The molecule has 0 saturated heterocycles. The van der Waals surface area contributed by atoms with Gasteiger partial charge in [-0.05, 0) is 59.0 Å². The number of nitrogens with one attached hydrogen (secondary N) is 5. The number of aromatic nitrogens is 1. The minimum atomic E-state index is -0.233. The van der Waals surface area contributed by atoms with Crippen LogP contribution in [-0.4, -0.2) is 30.2 Å². The fourth-order valence-corrected chi connectivity index (χ4v) is 8.30. The second-order valence-electron chi connectivity index (χ2n) is 15.6. The molecule has 0 saturated carbocycles. The van der Waals surface area contributed by atoms with Gasteiger partial charge >= 0.3 is 0 Å². The molecule has 0 amide bonds. The van der Waals surface area contributed by atoms with E-state index in [0.29, 0.717) is 0 Å². The highest BCUT2D eigenvalue weighted by Gasteiger charge is 2.33. The van der Waals surface area contributed by atoms with Gasteiger partial charge in [-0.15, -0.1) is 0 Å². The van der Waals surface area contributed by atoms with E-state index in [4.69, 9.17) is 9.98 Å². The molecule has 7 nitrogen and oxygen atoms in total. The topological polar surface area (TPSA) is 85.4 Å². The van der Waals surface area contributed by atoms with Gasteiger partial charge in [0.05, 0.1) is 23.7 Å². The molecular formula is C54H51N7. The molecule has 61 heavy (non-hydrogen) atoms. The van der Waals surface area contributed by atoms with E-state index in [2.05, 4.69) is 233 Å². The van der Waals surface area contributed by atoms with Crippen LogP contribution >= 0.6 is 0 Å². The number of hydrogen-bond acceptors (Lipinski definition) is 7. The first-order chi connectivity index (χ1) is 30.2. The van der Waals surface area contributed by atoms with Crippen molar-refractivity contribution in [1.29, 1.82) is 0 Å². The van der Waals surface area contributed by atoms with Crippen molar-refractivity contribution < 1.29 is 0 Å². The van der Waals surface area contributed by atoms with E-state index < -0.39 is 0 Å². The summed E-state index contributed by atoms with van der Waals surface area (Å²) in [5.41, 5.74) is 12.1. The minimum absolute atomic E-state index is 0.000596. The van der Waals surface area contributed by atoms with Crippen molar-refractivity contribution in [1.82, 2.24) is 31.6 Å². The Labute approximate surface area is 359 Å². The van der Waals surface area contributed by atoms with Crippen LogP contribution in [-0.2, 0) is 6.54 Å². The quantitative estimate of drug-likeness (QED) is 0.0705. The lowest BCUT2D eigenvalue weighted by Gasteiger charge is -2.38. The predicted octanol–water partition coefficient (Wildman–Crippen LogP) is 10.0. The number of likely N-dealkylation sites (N-methyl/N-ethyl adjacent to an activating group) is 1. The molecule has 7 heteroatoms. The molecule has 2 heterocycles. The molecule has 0 radical (unpaired) electrons. The van der Waals surface area contributed by atoms with Crippen LogP contribution in [0.3, 0.4) is 0 Å². The van der Waals surface area contributed by atoms with Gasteiger partial charge in [0.1, 0.15) is 18.2 Å². The third kappa shape index (κ3) is 9.68. The zero-order valence-corrected chi connectivity index (χ0v) is 34.3. The number of rotatable bonds is 14. The van der Waals surface area contributed by atoms with Crippen molar-refractivity contribution in [2.45, 2.75) is 37.6 Å². The molecule has 0 fully saturated rings. The predicted molar refractivity (Wildman–Crippen MR) is 250 cm³/mol. The Hall–Kier alpha value is -6.74. The van der Waals surface area contributed by atoms with Crippen molar-refractivity contribution in [3.63, 3.8) is 0 Å². The van der Waals surface area contributed by atoms with Crippen LogP contribution < -0.4 is 26.6 Å². The Morgan fingerprint density at radius 3 is 1.74 bits per heavy atom. The highest BCUT2D eigenvalue weighted by Crippen LogP contribution is 2.37. The van der Waals surface area contributed by atoms with Gasteiger partial charge in [-0.2, -0.15) is 0 Å². The van der Waals surface area contributed by atoms with Gasteiger partial charge in [0.2, 0.25) is 0 Å². The third-order valence-corrected chi connectivity index (χ3v) is 11.5. The summed E-state index contributed by atoms with van der Waals surface area (Å²) in [7, 11) is 2.04. The maximum atomic E-state index is 5.46. The molecular weight excluding hydrogens is 747 g/mol. The molecule has 5 unspecified atom stereocenters. The van der Waals surface area contributed by atoms with Crippen LogP contribution in [0.25, 0.3) is 28.1 Å². The summed E-state index contributed by atoms with van der Waals surface area (Å²) < 4.78 is 0. The van der Waals surface area contributed by atoms with E-state index >= 15 is 0 Å². The average molecular weight is 798 g/mol. The fraction of sp³-hybridized carbons (Fsp3) is 0.148. The van der Waals surface area contributed by atoms with Crippen LogP contribution in [0.2, 0.25) is 0 Å². The van der Waals surface area contributed by atoms with Gasteiger partial charge in [-0.3, -0.25) is 16.0 Å². The van der Waals surface area contributed by atoms with Crippen molar-refractivity contribution in [3.8, 4) is 22.5 Å². The lowest BCUT2D eigenvalue weighted by molar-refractivity contribution is 0.320. The maximum absolute atomic E-state index is 5.46. The van der Waals surface area contributed by atoms with Crippen LogP contribution in [0.4, 0.5) is 0 Å². The zero-order chi connectivity index (χ0) is 41.2. The van der Waals surface area contributed by atoms with Gasteiger partial charge in [0, 0.05) is 29.2 Å². The second kappa shape index (κ2) is 19.1. The molecule has 2 aliphatic rings. The van der Waals surface area contributed by atoms with Crippen LogP contribution in [0.5, 0.6) is 0 Å². The van der Waals surface area contributed by atoms with Gasteiger partial charge in [0.25, 0.3) is 0 Å². The van der Waals surface area contributed by atoms with Crippen molar-refractivity contribution in [2.75, 3.05) is 7.05 Å². The van der Waals surface area contributed by atoms with E-state index in [9.17, 15) is 0 Å². The number of pyridine rings is 1. The fourth-order valence-electron chi connectivity index (χ4n) is 8.30. The summed E-state index contributed by atoms with van der Waals surface area (Å²) in [5, 5.41) is 19.2. The zero-order valence-electron chi connectivity index (χ0n) is 34.3. The molecule has 9 rings (SSSR count). The standard InChI is InChI=1S/C54H51N7/c1-55-50(58-51(41-26-14-5-15-27-41)56-37-38-20-8-2-9-21-38)46-32-44(45-35-48(39-22-10-3-11-23-39)57-49(36-45)40-24-12-4-13-25-40)33-47(34-46)54-60-52(42-28-16-6-17-29-42)59-53(61-54)43-30-18-7-19-31-43/h2-33,35-36,47,50-52,54-56,58,60H,34,37H2,1H3,(H,59,61). The molecule has 6 aromatic carbocycles. The average Bonchev–Trinajstić information content (AvgIpc) is 3.35. The summed E-state index contributed by atoms with van der Waals surface area (Å²) in [6, 6.07) is 67.7. The first-order valence-electron chi connectivity index (χ1n) is 21.2. The molecule has 1 aliphatic carbocycles. The summed E-state index contributed by atoms with van der Waals surface area (Å²) in [6.07, 6.45) is 4.90. The Morgan fingerprint density at radius 1 is 0.607 bits per heavy atom. The Kier molecular flexibility index (Phi) is 12.4. The van der Waals surface area contributed by atoms with Crippen LogP contribution in [0.15, 0.2) is 217 Å². The first kappa shape index (κ1) is 39.7. The van der Waals surface area contributed by atoms with E-state index in [1.54, 1.807) is 0 Å². The maximum Gasteiger partial charge on any atom is 0.131 e. The Bertz CT molecular complexity index is 2520. The Balaban J connectivity index is 1.15. The summed E-state index contributed by atoms with van der Waals surface area (Å²) >= 11 is 0. The van der Waals surface area contributed by atoms with E-state index in [0.717, 1.165) is 63.6 Å². The lowest BCUT2D eigenvalue weighted by Crippen LogP contribution is -2.52. The van der Waals surface area contributed by atoms with Gasteiger partial charge in [-0.25, -0.2) is 9.98 Å². The van der Waals surface area contributed by atoms with E-state index in [1.165, 1.54) is 16.7 Å². The number of benzene rings is 6. The SMILES string of the molecule is CNC(NC(NCc1ccccc1)c1ccccc1)C1=CC(c2cc(-c3ccccc3)nc(-c3ccccc3)c2)=CC(C2N=C(c3ccccc3)NC(c3ccccc3)N2)C1. The smallest absolute Gasteiger partial charge is 0.131 e. The highest BCUT2D eigenvalue weighted by molar-refractivity contribution is 5.99. The largest absolute Gasteiger partial charge is 0.350 e. The van der Waals surface area contributed by atoms with Crippen LogP contribution in [0, 0.1) is 5.92 Å². The van der Waals surface area contributed by atoms with Gasteiger partial charge in [-0.1, -0.05) is 194 Å². The molecule has 7 aromatic rings. The van der Waals surface area contributed by atoms with Crippen molar-refractivity contribution >= 4 is 11.4 Å². The van der Waals surface area contributed by atoms with Crippen molar-refractivity contribution in [2.24, 2.45) is 10.9 Å². The summed E-state index contributed by atoms with van der Waals surface area (Å²) in [5.74, 6) is 0.879. The highest BCUT2D eigenvalue weighted by atomic mass is 15.3. The van der Waals surface area contributed by atoms with Gasteiger partial charge < -0.3 is 10.6 Å². The van der Waals surface area contributed by atoms with E-state index in [-0.39, 0.29) is 30.6 Å². The summed E-state index contributed by atoms with van der Waals surface area (Å²) in [6.45, 7) is 0.717. The van der Waals surface area contributed by atoms with Crippen molar-refractivity contribution in [3.05, 3.63) is 240 Å². The molecule has 0 spiro atoms. The monoisotopic (exact) mass is 797 g/mol. The van der Waals surface area contributed by atoms with E-state index in [1.807, 2.05) is 7.05 Å². The lowest BCUT2D eigenvalue weighted by atomic mass is 9.83. The molecule has 5 N–H and O–H groups in total. The normalized spacial score (nSPS) is 18.5. The third-order valence-electron chi connectivity index (χ3n) is 11.5. The number of nitrogens with zero attached hydrogens (tertiary/aromatic N) is 2. The Morgan fingerprint density at radius 2 is 1.15 bits per heavy atom. The molecule has 5 atom stereocenters. The number of hydrogen-bond donors (Lipinski definition) is 5. The number of aliphatic imine (C=N–C) groups is 1. The first-order valence-corrected chi connectivity index (χ1v) is 21.2. The summed E-state index contributed by atoms with van der Waals surface area (Å²) in [4.78, 5) is 10.7. The minimum Gasteiger partial charge on any atom is -0.350 e. The number of allylic oxidation sites excluding steroid dienone is 2. The number of amidine groups is 1. The molecule has 1 aliphatic heterocycles. The molecule has 302 valence electrons. The van der Waals surface area contributed by atoms with Gasteiger partial charge in [0.15, 0.2) is 0 Å². The van der Waals surface area contributed by atoms with Crippen LogP contribution in [0.1, 0.15) is 46.6 Å².